The molecule has 19 heavy (non-hydrogen) atoms. The lowest BCUT2D eigenvalue weighted by molar-refractivity contribution is 0.170. The molecule has 3 rings (SSSR count). The fraction of sp³-hybridized carbons (Fsp3) is 0.200. The van der Waals surface area contributed by atoms with Gasteiger partial charge in [0.2, 0.25) is 0 Å². The number of hydrogen-bond donors (Lipinski definition) is 2. The Balaban J connectivity index is 1.77. The second-order valence-corrected chi connectivity index (χ2v) is 4.35. The maximum absolute atomic E-state index is 9.42. The van der Waals surface area contributed by atoms with E-state index in [4.69, 9.17) is 9.47 Å². The summed E-state index contributed by atoms with van der Waals surface area (Å²) in [6.45, 7) is 1.79. The summed E-state index contributed by atoms with van der Waals surface area (Å²) in [4.78, 5) is 0. The van der Waals surface area contributed by atoms with Crippen LogP contribution in [0.3, 0.4) is 0 Å². The highest BCUT2D eigenvalue weighted by Crippen LogP contribution is 2.34. The highest BCUT2D eigenvalue weighted by atomic mass is 16.6. The smallest absolute Gasteiger partial charge is 0.166 e. The van der Waals surface area contributed by atoms with Crippen LogP contribution in [0.25, 0.3) is 0 Å². The van der Waals surface area contributed by atoms with E-state index in [9.17, 15) is 5.11 Å². The van der Waals surface area contributed by atoms with Crippen LogP contribution in [0.4, 0.5) is 5.69 Å². The van der Waals surface area contributed by atoms with E-state index in [1.54, 1.807) is 18.2 Å². The summed E-state index contributed by atoms with van der Waals surface area (Å²) in [5.41, 5.74) is 1.91. The largest absolute Gasteiger partial charge is 0.508 e. The van der Waals surface area contributed by atoms with Crippen LogP contribution in [0, 0.1) is 0 Å². The maximum Gasteiger partial charge on any atom is 0.166 e. The van der Waals surface area contributed by atoms with Gasteiger partial charge < -0.3 is 19.9 Å². The molecule has 2 aromatic rings. The van der Waals surface area contributed by atoms with Crippen molar-refractivity contribution in [3.63, 3.8) is 0 Å². The summed E-state index contributed by atoms with van der Waals surface area (Å²) >= 11 is 0. The molecule has 0 unspecified atom stereocenters. The molecule has 1 aliphatic rings. The number of para-hydroxylation sites is 1. The summed E-state index contributed by atoms with van der Waals surface area (Å²) in [5.74, 6) is 1.85. The van der Waals surface area contributed by atoms with Gasteiger partial charge in [0.15, 0.2) is 11.5 Å². The Labute approximate surface area is 111 Å². The number of benzene rings is 2. The molecule has 0 spiro atoms. The van der Waals surface area contributed by atoms with Gasteiger partial charge in [0.05, 0.1) is 0 Å². The van der Waals surface area contributed by atoms with Gasteiger partial charge in [0.1, 0.15) is 19.0 Å². The van der Waals surface area contributed by atoms with Gasteiger partial charge >= 0.3 is 0 Å². The third kappa shape index (κ3) is 2.57. The highest BCUT2D eigenvalue weighted by Gasteiger charge is 2.15. The molecular weight excluding hydrogens is 242 g/mol. The van der Waals surface area contributed by atoms with Crippen LogP contribution in [0.15, 0.2) is 42.5 Å². The summed E-state index contributed by atoms with van der Waals surface area (Å²) < 4.78 is 11.2. The first-order valence-corrected chi connectivity index (χ1v) is 6.23. The Bertz CT molecular complexity index is 583. The van der Waals surface area contributed by atoms with Crippen molar-refractivity contribution in [3.05, 3.63) is 48.0 Å². The number of rotatable bonds is 3. The third-order valence-electron chi connectivity index (χ3n) is 2.98. The topological polar surface area (TPSA) is 50.7 Å². The second kappa shape index (κ2) is 5.10. The van der Waals surface area contributed by atoms with Gasteiger partial charge in [-0.05, 0) is 18.2 Å². The Morgan fingerprint density at radius 2 is 1.89 bits per heavy atom. The molecule has 1 heterocycles. The van der Waals surface area contributed by atoms with Gasteiger partial charge in [-0.15, -0.1) is 0 Å². The number of hydrogen-bond acceptors (Lipinski definition) is 4. The maximum atomic E-state index is 9.42. The van der Waals surface area contributed by atoms with Crippen molar-refractivity contribution in [2.24, 2.45) is 0 Å². The molecule has 0 amide bonds. The minimum absolute atomic E-state index is 0.250. The Kier molecular flexibility index (Phi) is 3.14. The van der Waals surface area contributed by atoms with Crippen molar-refractivity contribution >= 4 is 5.69 Å². The number of aromatic hydroxyl groups is 1. The van der Waals surface area contributed by atoms with E-state index in [0.29, 0.717) is 19.8 Å². The molecule has 0 aliphatic carbocycles. The number of anilines is 1. The highest BCUT2D eigenvalue weighted by molar-refractivity contribution is 5.52. The van der Waals surface area contributed by atoms with E-state index in [0.717, 1.165) is 22.7 Å². The van der Waals surface area contributed by atoms with Crippen LogP contribution in [-0.2, 0) is 6.54 Å². The Hall–Kier alpha value is -2.36. The number of phenols is 1. The fourth-order valence-corrected chi connectivity index (χ4v) is 2.09. The molecule has 0 bridgehead atoms. The first kappa shape index (κ1) is 11.7. The van der Waals surface area contributed by atoms with Gasteiger partial charge in [-0.2, -0.15) is 0 Å². The molecule has 0 saturated carbocycles. The zero-order chi connectivity index (χ0) is 13.1. The van der Waals surface area contributed by atoms with E-state index in [1.807, 2.05) is 24.3 Å². The van der Waals surface area contributed by atoms with Gasteiger partial charge in [0.25, 0.3) is 0 Å². The third-order valence-corrected chi connectivity index (χ3v) is 2.98. The van der Waals surface area contributed by atoms with Crippen molar-refractivity contribution in [1.82, 2.24) is 0 Å². The normalized spacial score (nSPS) is 13.1. The quantitative estimate of drug-likeness (QED) is 0.887. The van der Waals surface area contributed by atoms with E-state index in [2.05, 4.69) is 5.32 Å². The van der Waals surface area contributed by atoms with Gasteiger partial charge in [0, 0.05) is 23.9 Å². The molecule has 4 heteroatoms. The summed E-state index contributed by atoms with van der Waals surface area (Å²) in [7, 11) is 0. The number of ether oxygens (including phenoxy) is 2. The fourth-order valence-electron chi connectivity index (χ4n) is 2.09. The Morgan fingerprint density at radius 3 is 2.79 bits per heavy atom. The van der Waals surface area contributed by atoms with Crippen LogP contribution in [-0.4, -0.2) is 18.3 Å². The molecule has 0 fully saturated rings. The van der Waals surface area contributed by atoms with E-state index in [1.165, 1.54) is 0 Å². The molecule has 4 nitrogen and oxygen atoms in total. The van der Waals surface area contributed by atoms with Crippen molar-refractivity contribution in [2.75, 3.05) is 18.5 Å². The summed E-state index contributed by atoms with van der Waals surface area (Å²) in [6, 6.07) is 12.9. The second-order valence-electron chi connectivity index (χ2n) is 4.35. The van der Waals surface area contributed by atoms with Crippen LogP contribution >= 0.6 is 0 Å². The van der Waals surface area contributed by atoms with E-state index < -0.39 is 0 Å². The van der Waals surface area contributed by atoms with Gasteiger partial charge in [-0.3, -0.25) is 0 Å². The molecule has 1 aliphatic heterocycles. The monoisotopic (exact) mass is 257 g/mol. The van der Waals surface area contributed by atoms with Crippen LogP contribution < -0.4 is 14.8 Å². The summed E-state index contributed by atoms with van der Waals surface area (Å²) in [6.07, 6.45) is 0. The average Bonchev–Trinajstić information content (AvgIpc) is 2.45. The predicted molar refractivity (Wildman–Crippen MR) is 72.9 cm³/mol. The predicted octanol–water partition coefficient (Wildman–Crippen LogP) is 2.78. The van der Waals surface area contributed by atoms with E-state index in [-0.39, 0.29) is 5.75 Å². The lowest BCUT2D eigenvalue weighted by atomic mass is 10.1. The SMILES string of the molecule is Oc1cccc(NCc2cccc3c2OCCO3)c1. The first-order valence-electron chi connectivity index (χ1n) is 6.23. The molecule has 0 aromatic heterocycles. The van der Waals surface area contributed by atoms with Gasteiger partial charge in [-0.1, -0.05) is 18.2 Å². The van der Waals surface area contributed by atoms with Crippen LogP contribution in [0.2, 0.25) is 0 Å². The summed E-state index contributed by atoms with van der Waals surface area (Å²) in [5, 5.41) is 12.7. The standard InChI is InChI=1S/C15H15NO3/c17-13-5-2-4-12(9-13)16-10-11-3-1-6-14-15(11)19-8-7-18-14/h1-6,9,16-17H,7-8,10H2. The zero-order valence-corrected chi connectivity index (χ0v) is 10.4. The number of nitrogens with one attached hydrogen (secondary N) is 1. The number of fused-ring (bicyclic) bond motifs is 1. The minimum Gasteiger partial charge on any atom is -0.508 e. The molecule has 2 aromatic carbocycles. The lowest BCUT2D eigenvalue weighted by Crippen LogP contribution is -2.17. The molecule has 2 N–H and O–H groups in total. The Morgan fingerprint density at radius 1 is 1.05 bits per heavy atom. The molecule has 0 radical (unpaired) electrons. The van der Waals surface area contributed by atoms with Crippen molar-refractivity contribution in [3.8, 4) is 17.2 Å². The average molecular weight is 257 g/mol. The van der Waals surface area contributed by atoms with Crippen LogP contribution in [0.1, 0.15) is 5.56 Å². The molecular formula is C15H15NO3. The van der Waals surface area contributed by atoms with Crippen molar-refractivity contribution in [1.29, 1.82) is 0 Å². The molecule has 98 valence electrons. The molecule has 0 saturated heterocycles. The minimum atomic E-state index is 0.250. The van der Waals surface area contributed by atoms with Crippen molar-refractivity contribution < 1.29 is 14.6 Å². The van der Waals surface area contributed by atoms with Crippen LogP contribution in [0.5, 0.6) is 17.2 Å². The van der Waals surface area contributed by atoms with E-state index >= 15 is 0 Å². The first-order chi connectivity index (χ1) is 9.33. The lowest BCUT2D eigenvalue weighted by Gasteiger charge is -2.21. The number of phenolic OH excluding ortho intramolecular Hbond substituents is 1. The van der Waals surface area contributed by atoms with Gasteiger partial charge in [-0.25, -0.2) is 0 Å². The zero-order valence-electron chi connectivity index (χ0n) is 10.4. The molecule has 0 atom stereocenters. The van der Waals surface area contributed by atoms with Crippen molar-refractivity contribution in [2.45, 2.75) is 6.54 Å².